The van der Waals surface area contributed by atoms with Crippen LogP contribution < -0.4 is 0 Å². The zero-order chi connectivity index (χ0) is 15.3. The first-order valence-electron chi connectivity index (χ1n) is 7.19. The SMILES string of the molecule is CN(CC1(O)CCOCC1)S(=O)(=O)CCc1ccccc1. The van der Waals surface area contributed by atoms with Crippen molar-refractivity contribution < 1.29 is 18.3 Å². The molecule has 0 radical (unpaired) electrons. The van der Waals surface area contributed by atoms with Crippen LogP contribution in [0.25, 0.3) is 0 Å². The highest BCUT2D eigenvalue weighted by Gasteiger charge is 2.34. The number of hydrogen-bond acceptors (Lipinski definition) is 4. The Morgan fingerprint density at radius 3 is 2.48 bits per heavy atom. The lowest BCUT2D eigenvalue weighted by Gasteiger charge is -2.35. The van der Waals surface area contributed by atoms with E-state index in [9.17, 15) is 13.5 Å². The first kappa shape index (κ1) is 16.4. The first-order valence-corrected chi connectivity index (χ1v) is 8.80. The summed E-state index contributed by atoms with van der Waals surface area (Å²) in [6, 6.07) is 9.54. The molecule has 5 nitrogen and oxygen atoms in total. The van der Waals surface area contributed by atoms with Gasteiger partial charge in [0.1, 0.15) is 0 Å². The van der Waals surface area contributed by atoms with Gasteiger partial charge >= 0.3 is 0 Å². The maximum absolute atomic E-state index is 12.3. The molecule has 0 spiro atoms. The Kier molecular flexibility index (Phi) is 5.37. The van der Waals surface area contributed by atoms with Gasteiger partial charge < -0.3 is 9.84 Å². The normalized spacial score (nSPS) is 18.8. The van der Waals surface area contributed by atoms with Crippen LogP contribution in [0.15, 0.2) is 30.3 Å². The number of aryl methyl sites for hydroxylation is 1. The minimum absolute atomic E-state index is 0.0556. The Bertz CT molecular complexity index is 538. The molecule has 1 aromatic carbocycles. The lowest BCUT2D eigenvalue weighted by molar-refractivity contribution is -0.0689. The standard InChI is InChI=1S/C15H23NO4S/c1-16(13-15(17)8-10-20-11-9-15)21(18,19)12-7-14-5-3-2-4-6-14/h2-6,17H,7-13H2,1H3. The van der Waals surface area contributed by atoms with Crippen LogP contribution in [-0.2, 0) is 21.2 Å². The largest absolute Gasteiger partial charge is 0.388 e. The number of aliphatic hydroxyl groups is 1. The Morgan fingerprint density at radius 2 is 1.86 bits per heavy atom. The molecular formula is C15H23NO4S. The number of sulfonamides is 1. The highest BCUT2D eigenvalue weighted by atomic mass is 32.2. The maximum atomic E-state index is 12.3. The van der Waals surface area contributed by atoms with E-state index in [1.54, 1.807) is 0 Å². The fourth-order valence-corrected chi connectivity index (χ4v) is 3.71. The van der Waals surface area contributed by atoms with Gasteiger partial charge in [-0.1, -0.05) is 30.3 Å². The van der Waals surface area contributed by atoms with E-state index in [2.05, 4.69) is 0 Å². The maximum Gasteiger partial charge on any atom is 0.214 e. The average molecular weight is 313 g/mol. The molecule has 0 aliphatic carbocycles. The van der Waals surface area contributed by atoms with Crippen LogP contribution in [0.1, 0.15) is 18.4 Å². The third-order valence-corrected chi connectivity index (χ3v) is 5.71. The summed E-state index contributed by atoms with van der Waals surface area (Å²) in [5.74, 6) is 0.0556. The molecule has 0 aromatic heterocycles. The van der Waals surface area contributed by atoms with Crippen molar-refractivity contribution in [3.05, 3.63) is 35.9 Å². The second kappa shape index (κ2) is 6.87. The molecule has 2 rings (SSSR count). The van der Waals surface area contributed by atoms with Gasteiger partial charge in [0.2, 0.25) is 10.0 Å². The zero-order valence-corrected chi connectivity index (χ0v) is 13.2. The molecule has 0 saturated carbocycles. The monoisotopic (exact) mass is 313 g/mol. The van der Waals surface area contributed by atoms with Crippen molar-refractivity contribution in [3.8, 4) is 0 Å². The van der Waals surface area contributed by atoms with Gasteiger partial charge in [-0.3, -0.25) is 0 Å². The number of nitrogens with zero attached hydrogens (tertiary/aromatic N) is 1. The molecule has 1 N–H and O–H groups in total. The van der Waals surface area contributed by atoms with Crippen LogP contribution in [0, 0.1) is 0 Å². The number of rotatable bonds is 6. The average Bonchev–Trinajstić information content (AvgIpc) is 2.46. The summed E-state index contributed by atoms with van der Waals surface area (Å²) in [5, 5.41) is 10.4. The van der Waals surface area contributed by atoms with Crippen LogP contribution in [-0.4, -0.2) is 56.0 Å². The Balaban J connectivity index is 1.92. The fraction of sp³-hybridized carbons (Fsp3) is 0.600. The van der Waals surface area contributed by atoms with E-state index in [1.807, 2.05) is 30.3 Å². The Hall–Kier alpha value is -0.950. The van der Waals surface area contributed by atoms with Gasteiger partial charge in [-0.15, -0.1) is 0 Å². The number of hydrogen-bond donors (Lipinski definition) is 1. The Morgan fingerprint density at radius 1 is 1.24 bits per heavy atom. The lowest BCUT2D eigenvalue weighted by Crippen LogP contribution is -2.47. The summed E-state index contributed by atoms with van der Waals surface area (Å²) in [4.78, 5) is 0. The molecule has 0 atom stereocenters. The van der Waals surface area contributed by atoms with Gasteiger partial charge in [-0.25, -0.2) is 12.7 Å². The van der Waals surface area contributed by atoms with Crippen LogP contribution in [0.2, 0.25) is 0 Å². The lowest BCUT2D eigenvalue weighted by atomic mass is 9.95. The minimum Gasteiger partial charge on any atom is -0.388 e. The molecule has 1 aliphatic rings. The van der Waals surface area contributed by atoms with Crippen LogP contribution in [0.3, 0.4) is 0 Å². The smallest absolute Gasteiger partial charge is 0.214 e. The van der Waals surface area contributed by atoms with Crippen molar-refractivity contribution in [2.75, 3.05) is 32.6 Å². The van der Waals surface area contributed by atoms with Crippen LogP contribution in [0.4, 0.5) is 0 Å². The number of benzene rings is 1. The molecule has 21 heavy (non-hydrogen) atoms. The highest BCUT2D eigenvalue weighted by Crippen LogP contribution is 2.22. The summed E-state index contributed by atoms with van der Waals surface area (Å²) in [5.41, 5.74) is 0.0338. The summed E-state index contributed by atoms with van der Waals surface area (Å²) < 4.78 is 31.1. The van der Waals surface area contributed by atoms with E-state index in [4.69, 9.17) is 4.74 Å². The van der Waals surface area contributed by atoms with Crippen LogP contribution in [0.5, 0.6) is 0 Å². The van der Waals surface area contributed by atoms with Gasteiger partial charge in [-0.2, -0.15) is 0 Å². The fourth-order valence-electron chi connectivity index (χ4n) is 2.47. The Labute approximate surface area is 126 Å². The second-order valence-electron chi connectivity index (χ2n) is 5.64. The van der Waals surface area contributed by atoms with E-state index in [0.29, 0.717) is 32.5 Å². The van der Waals surface area contributed by atoms with Crippen molar-refractivity contribution in [1.29, 1.82) is 0 Å². The number of ether oxygens (including phenoxy) is 1. The van der Waals surface area contributed by atoms with E-state index < -0.39 is 15.6 Å². The molecule has 1 aliphatic heterocycles. The van der Waals surface area contributed by atoms with Crippen molar-refractivity contribution in [2.24, 2.45) is 0 Å². The van der Waals surface area contributed by atoms with Gasteiger partial charge in [0, 0.05) is 39.6 Å². The summed E-state index contributed by atoms with van der Waals surface area (Å²) in [6.45, 7) is 1.09. The molecule has 6 heteroatoms. The first-order chi connectivity index (χ1) is 9.91. The van der Waals surface area contributed by atoms with Crippen molar-refractivity contribution in [2.45, 2.75) is 24.9 Å². The molecular weight excluding hydrogens is 290 g/mol. The predicted octanol–water partition coefficient (Wildman–Crippen LogP) is 1.03. The van der Waals surface area contributed by atoms with Crippen molar-refractivity contribution >= 4 is 10.0 Å². The van der Waals surface area contributed by atoms with Gasteiger partial charge in [0.05, 0.1) is 11.4 Å². The summed E-state index contributed by atoms with van der Waals surface area (Å²) >= 11 is 0. The quantitative estimate of drug-likeness (QED) is 0.852. The molecule has 0 unspecified atom stereocenters. The molecule has 1 heterocycles. The summed E-state index contributed by atoms with van der Waals surface area (Å²) in [6.07, 6.45) is 1.44. The minimum atomic E-state index is -3.36. The second-order valence-corrected chi connectivity index (χ2v) is 7.84. The molecule has 1 fully saturated rings. The molecule has 0 amide bonds. The van der Waals surface area contributed by atoms with Gasteiger partial charge in [0.15, 0.2) is 0 Å². The zero-order valence-electron chi connectivity index (χ0n) is 12.4. The van der Waals surface area contributed by atoms with E-state index in [1.165, 1.54) is 11.4 Å². The van der Waals surface area contributed by atoms with Gasteiger partial charge in [0.25, 0.3) is 0 Å². The number of likely N-dealkylation sites (N-methyl/N-ethyl adjacent to an activating group) is 1. The topological polar surface area (TPSA) is 66.8 Å². The molecule has 1 aromatic rings. The molecule has 118 valence electrons. The molecule has 1 saturated heterocycles. The van der Waals surface area contributed by atoms with Crippen LogP contribution >= 0.6 is 0 Å². The molecule has 0 bridgehead atoms. The van der Waals surface area contributed by atoms with Gasteiger partial charge in [-0.05, 0) is 12.0 Å². The van der Waals surface area contributed by atoms with E-state index in [0.717, 1.165) is 5.56 Å². The van der Waals surface area contributed by atoms with E-state index in [-0.39, 0.29) is 12.3 Å². The third kappa shape index (κ3) is 4.78. The van der Waals surface area contributed by atoms with E-state index >= 15 is 0 Å². The summed E-state index contributed by atoms with van der Waals surface area (Å²) in [7, 11) is -1.83. The third-order valence-electron chi connectivity index (χ3n) is 3.91. The van der Waals surface area contributed by atoms with Crippen molar-refractivity contribution in [3.63, 3.8) is 0 Å². The highest BCUT2D eigenvalue weighted by molar-refractivity contribution is 7.89. The van der Waals surface area contributed by atoms with Crippen molar-refractivity contribution in [1.82, 2.24) is 4.31 Å². The predicted molar refractivity (Wildman–Crippen MR) is 81.6 cm³/mol.